The van der Waals surface area contributed by atoms with Gasteiger partial charge in [-0.25, -0.2) is 4.99 Å². The highest BCUT2D eigenvalue weighted by molar-refractivity contribution is 6.24. The highest BCUT2D eigenvalue weighted by Gasteiger charge is 2.35. The number of para-hydroxylation sites is 2. The number of alkyl halides is 3. The number of fused-ring (bicyclic) bond motifs is 2. The Hall–Kier alpha value is -3.80. The van der Waals surface area contributed by atoms with Crippen molar-refractivity contribution in [1.82, 2.24) is 4.98 Å². The summed E-state index contributed by atoms with van der Waals surface area (Å²) in [4.78, 5) is 6.40. The number of aromatic nitrogens is 1. The van der Waals surface area contributed by atoms with Crippen molar-refractivity contribution in [3.63, 3.8) is 0 Å². The Morgan fingerprint density at radius 1 is 0.933 bits per heavy atom. The number of halogens is 3. The van der Waals surface area contributed by atoms with Crippen molar-refractivity contribution in [2.75, 3.05) is 0 Å². The van der Waals surface area contributed by atoms with Gasteiger partial charge in [-0.3, -0.25) is 0 Å². The van der Waals surface area contributed by atoms with E-state index in [1.54, 1.807) is 0 Å². The summed E-state index contributed by atoms with van der Waals surface area (Å²) in [6.07, 6.45) is -1.05. The molecular formula is C24H16F3N2O+. The van der Waals surface area contributed by atoms with E-state index in [2.05, 4.69) is 9.98 Å². The van der Waals surface area contributed by atoms with Crippen LogP contribution in [0.3, 0.4) is 0 Å². The Labute approximate surface area is 169 Å². The van der Waals surface area contributed by atoms with Crippen molar-refractivity contribution in [2.45, 2.75) is 6.18 Å². The fourth-order valence-electron chi connectivity index (χ4n) is 3.93. The number of phenolic OH excluding ortho intramolecular Hbond substituents is 1. The lowest BCUT2D eigenvalue weighted by atomic mass is 9.89. The van der Waals surface area contributed by atoms with Crippen LogP contribution < -0.4 is 4.99 Å². The third kappa shape index (κ3) is 2.88. The van der Waals surface area contributed by atoms with Crippen LogP contribution in [0.2, 0.25) is 0 Å². The van der Waals surface area contributed by atoms with E-state index in [0.717, 1.165) is 45.4 Å². The topological polar surface area (TPSA) is 50.0 Å². The average Bonchev–Trinajstić information content (AvgIpc) is 3.34. The molecule has 30 heavy (non-hydrogen) atoms. The number of aromatic amines is 1. The van der Waals surface area contributed by atoms with Crippen LogP contribution in [0.5, 0.6) is 5.75 Å². The second-order valence-corrected chi connectivity index (χ2v) is 7.10. The molecule has 1 aliphatic rings. The van der Waals surface area contributed by atoms with Crippen LogP contribution in [-0.2, 0) is 6.18 Å². The molecule has 1 aliphatic heterocycles. The van der Waals surface area contributed by atoms with E-state index < -0.39 is 17.5 Å². The lowest BCUT2D eigenvalue weighted by molar-refractivity contribution is -0.342. The van der Waals surface area contributed by atoms with Gasteiger partial charge in [0, 0.05) is 34.3 Å². The van der Waals surface area contributed by atoms with Crippen molar-refractivity contribution in [1.29, 1.82) is 0 Å². The Kier molecular flexibility index (Phi) is 4.03. The van der Waals surface area contributed by atoms with Crippen LogP contribution in [0.15, 0.2) is 72.9 Å². The summed E-state index contributed by atoms with van der Waals surface area (Å²) in [5, 5.41) is 10.7. The molecule has 3 aromatic carbocycles. The fourth-order valence-corrected chi connectivity index (χ4v) is 3.93. The number of aromatic hydroxyl groups is 1. The maximum Gasteiger partial charge on any atom is 0.419 e. The molecular weight excluding hydrogens is 389 g/mol. The molecule has 0 aliphatic carbocycles. The van der Waals surface area contributed by atoms with Gasteiger partial charge in [-0.05, 0) is 29.8 Å². The predicted molar refractivity (Wildman–Crippen MR) is 110 cm³/mol. The van der Waals surface area contributed by atoms with Crippen LogP contribution in [-0.4, -0.2) is 16.3 Å². The van der Waals surface area contributed by atoms with Crippen molar-refractivity contribution >= 4 is 34.0 Å². The SMILES string of the molecule is Oc1ccc(/C(=C2/C=[NH+]c3ccccc32)c2c[nH]c3ccccc23)cc1C(F)(F)F. The molecule has 6 heteroatoms. The first-order valence-corrected chi connectivity index (χ1v) is 9.34. The monoisotopic (exact) mass is 405 g/mol. The number of allylic oxidation sites excluding steroid dienone is 1. The minimum absolute atomic E-state index is 0.370. The van der Waals surface area contributed by atoms with Gasteiger partial charge in [0.2, 0.25) is 5.69 Å². The molecule has 0 saturated carbocycles. The molecule has 4 aromatic rings. The van der Waals surface area contributed by atoms with Crippen molar-refractivity contribution < 1.29 is 23.3 Å². The minimum Gasteiger partial charge on any atom is -0.507 e. The van der Waals surface area contributed by atoms with Gasteiger partial charge in [0.15, 0.2) is 6.21 Å². The van der Waals surface area contributed by atoms with Gasteiger partial charge in [-0.15, -0.1) is 0 Å². The second-order valence-electron chi connectivity index (χ2n) is 7.10. The number of hydrogen-bond donors (Lipinski definition) is 3. The van der Waals surface area contributed by atoms with Gasteiger partial charge in [-0.1, -0.05) is 36.4 Å². The molecule has 0 spiro atoms. The molecule has 2 heterocycles. The lowest BCUT2D eigenvalue weighted by Gasteiger charge is -2.14. The van der Waals surface area contributed by atoms with Crippen LogP contribution in [0.1, 0.15) is 22.3 Å². The number of H-pyrrole nitrogens is 1. The average molecular weight is 405 g/mol. The number of phenols is 1. The van der Waals surface area contributed by atoms with E-state index >= 15 is 0 Å². The number of benzene rings is 3. The van der Waals surface area contributed by atoms with E-state index in [4.69, 9.17) is 0 Å². The molecule has 0 unspecified atom stereocenters. The van der Waals surface area contributed by atoms with Crippen molar-refractivity contribution in [3.05, 3.63) is 95.2 Å². The molecule has 0 saturated heterocycles. The molecule has 148 valence electrons. The first-order valence-electron chi connectivity index (χ1n) is 9.34. The van der Waals surface area contributed by atoms with Gasteiger partial charge in [-0.2, -0.15) is 13.2 Å². The van der Waals surface area contributed by atoms with E-state index in [0.29, 0.717) is 11.1 Å². The van der Waals surface area contributed by atoms with Crippen LogP contribution in [0, 0.1) is 0 Å². The van der Waals surface area contributed by atoms with Crippen molar-refractivity contribution in [3.8, 4) is 5.75 Å². The Bertz CT molecular complexity index is 1350. The second kappa shape index (κ2) is 6.62. The predicted octanol–water partition coefficient (Wildman–Crippen LogP) is 4.65. The first-order chi connectivity index (χ1) is 14.4. The number of nitrogens with one attached hydrogen (secondary N) is 2. The normalized spacial score (nSPS) is 14.9. The molecule has 3 N–H and O–H groups in total. The van der Waals surface area contributed by atoms with E-state index in [-0.39, 0.29) is 0 Å². The molecule has 3 nitrogen and oxygen atoms in total. The van der Waals surface area contributed by atoms with Gasteiger partial charge >= 0.3 is 6.18 Å². The van der Waals surface area contributed by atoms with E-state index in [1.165, 1.54) is 6.07 Å². The minimum atomic E-state index is -4.66. The summed E-state index contributed by atoms with van der Waals surface area (Å²) in [6, 6.07) is 18.9. The van der Waals surface area contributed by atoms with Crippen LogP contribution in [0.25, 0.3) is 22.0 Å². The molecule has 0 radical (unpaired) electrons. The van der Waals surface area contributed by atoms with E-state index in [9.17, 15) is 18.3 Å². The smallest absolute Gasteiger partial charge is 0.419 e. The Morgan fingerprint density at radius 2 is 1.70 bits per heavy atom. The maximum absolute atomic E-state index is 13.5. The summed E-state index contributed by atoms with van der Waals surface area (Å²) in [7, 11) is 0. The molecule has 0 amide bonds. The standard InChI is InChI=1S/C24H15F3N2O/c25-24(26,27)19-11-14(9-10-22(19)30)23(17-12-28-20-7-3-1-5-15(17)20)18-13-29-21-8-4-2-6-16(18)21/h1-13,28,30H/p+1/b23-18+. The zero-order valence-electron chi connectivity index (χ0n) is 15.6. The maximum atomic E-state index is 13.5. The molecule has 5 rings (SSSR count). The van der Waals surface area contributed by atoms with Gasteiger partial charge in [0.25, 0.3) is 0 Å². The zero-order chi connectivity index (χ0) is 20.9. The highest BCUT2D eigenvalue weighted by Crippen LogP contribution is 2.42. The molecule has 0 atom stereocenters. The fraction of sp³-hybridized carbons (Fsp3) is 0.0417. The summed E-state index contributed by atoms with van der Waals surface area (Å²) in [6.45, 7) is 0. The Balaban J connectivity index is 1.85. The first kappa shape index (κ1) is 18.2. The quantitative estimate of drug-likeness (QED) is 0.447. The zero-order valence-corrected chi connectivity index (χ0v) is 15.6. The lowest BCUT2D eigenvalue weighted by Crippen LogP contribution is -2.58. The van der Waals surface area contributed by atoms with Crippen molar-refractivity contribution in [2.24, 2.45) is 0 Å². The third-order valence-corrected chi connectivity index (χ3v) is 5.31. The summed E-state index contributed by atoms with van der Waals surface area (Å²) >= 11 is 0. The third-order valence-electron chi connectivity index (χ3n) is 5.31. The summed E-state index contributed by atoms with van der Waals surface area (Å²) in [5.74, 6) is -0.788. The van der Waals surface area contributed by atoms with Crippen LogP contribution in [0.4, 0.5) is 18.9 Å². The summed E-state index contributed by atoms with van der Waals surface area (Å²) < 4.78 is 40.5. The van der Waals surface area contributed by atoms with Gasteiger partial charge < -0.3 is 10.1 Å². The summed E-state index contributed by atoms with van der Waals surface area (Å²) in [5.41, 5.74) is 4.21. The highest BCUT2D eigenvalue weighted by atomic mass is 19.4. The largest absolute Gasteiger partial charge is 0.507 e. The van der Waals surface area contributed by atoms with Gasteiger partial charge in [0.1, 0.15) is 5.75 Å². The number of hydrogen-bond acceptors (Lipinski definition) is 1. The van der Waals surface area contributed by atoms with Gasteiger partial charge in [0.05, 0.1) is 16.7 Å². The Morgan fingerprint density at radius 3 is 2.53 bits per heavy atom. The number of rotatable bonds is 2. The van der Waals surface area contributed by atoms with E-state index in [1.807, 2.05) is 60.9 Å². The molecule has 0 fully saturated rings. The van der Waals surface area contributed by atoms with Crippen LogP contribution >= 0.6 is 0 Å². The molecule has 1 aromatic heterocycles. The molecule has 0 bridgehead atoms.